The predicted molar refractivity (Wildman–Crippen MR) is 54.7 cm³/mol. The SMILES string of the molecule is O=C(O)Cc1cnc2c(O)cccc2c1. The van der Waals surface area contributed by atoms with Crippen molar-refractivity contribution in [1.82, 2.24) is 4.98 Å². The molecule has 1 aromatic heterocycles. The molecule has 0 saturated heterocycles. The number of aromatic hydroxyl groups is 1. The van der Waals surface area contributed by atoms with Crippen LogP contribution in [0.1, 0.15) is 5.56 Å². The zero-order chi connectivity index (χ0) is 10.8. The maximum Gasteiger partial charge on any atom is 0.307 e. The Morgan fingerprint density at radius 2 is 2.20 bits per heavy atom. The van der Waals surface area contributed by atoms with Gasteiger partial charge >= 0.3 is 5.97 Å². The van der Waals surface area contributed by atoms with Gasteiger partial charge in [-0.25, -0.2) is 0 Å². The van der Waals surface area contributed by atoms with Crippen LogP contribution in [-0.4, -0.2) is 21.2 Å². The first-order chi connectivity index (χ1) is 7.16. The molecular formula is C11H9NO3. The molecule has 0 unspecified atom stereocenters. The summed E-state index contributed by atoms with van der Waals surface area (Å²) in [4.78, 5) is 14.5. The molecule has 0 radical (unpaired) electrons. The minimum Gasteiger partial charge on any atom is -0.506 e. The third kappa shape index (κ3) is 1.88. The van der Waals surface area contributed by atoms with Gasteiger partial charge in [0, 0.05) is 11.6 Å². The minimum absolute atomic E-state index is 0.0569. The molecule has 4 nitrogen and oxygen atoms in total. The number of hydrogen-bond acceptors (Lipinski definition) is 3. The van der Waals surface area contributed by atoms with Crippen LogP contribution in [0.3, 0.4) is 0 Å². The second-order valence-electron chi connectivity index (χ2n) is 3.26. The summed E-state index contributed by atoms with van der Waals surface area (Å²) in [6.07, 6.45) is 1.41. The molecule has 2 aromatic rings. The van der Waals surface area contributed by atoms with Gasteiger partial charge < -0.3 is 10.2 Å². The quantitative estimate of drug-likeness (QED) is 0.777. The molecule has 2 rings (SSSR count). The van der Waals surface area contributed by atoms with E-state index >= 15 is 0 Å². The summed E-state index contributed by atoms with van der Waals surface area (Å²) in [5, 5.41) is 18.8. The Hall–Kier alpha value is -2.10. The molecule has 76 valence electrons. The van der Waals surface area contributed by atoms with Gasteiger partial charge in [0.25, 0.3) is 0 Å². The fourth-order valence-electron chi connectivity index (χ4n) is 1.46. The van der Waals surface area contributed by atoms with E-state index < -0.39 is 5.97 Å². The van der Waals surface area contributed by atoms with E-state index in [-0.39, 0.29) is 12.2 Å². The summed E-state index contributed by atoms with van der Waals surface area (Å²) in [7, 11) is 0. The van der Waals surface area contributed by atoms with Gasteiger partial charge in [-0.1, -0.05) is 12.1 Å². The Balaban J connectivity index is 2.52. The number of para-hydroxylation sites is 1. The van der Waals surface area contributed by atoms with Gasteiger partial charge in [0.1, 0.15) is 11.3 Å². The summed E-state index contributed by atoms with van der Waals surface area (Å²) in [5.41, 5.74) is 1.12. The number of carbonyl (C=O) groups is 1. The van der Waals surface area contributed by atoms with Crippen LogP contribution in [0.4, 0.5) is 0 Å². The summed E-state index contributed by atoms with van der Waals surface area (Å²) >= 11 is 0. The third-order valence-corrected chi connectivity index (χ3v) is 2.10. The number of hydrogen-bond donors (Lipinski definition) is 2. The lowest BCUT2D eigenvalue weighted by Gasteiger charge is -2.01. The highest BCUT2D eigenvalue weighted by Gasteiger charge is 2.04. The summed E-state index contributed by atoms with van der Waals surface area (Å²) in [6, 6.07) is 6.75. The van der Waals surface area contributed by atoms with Crippen molar-refractivity contribution in [1.29, 1.82) is 0 Å². The number of phenolic OH excluding ortho intramolecular Hbond substituents is 1. The number of nitrogens with zero attached hydrogens (tertiary/aromatic N) is 1. The normalized spacial score (nSPS) is 10.4. The number of fused-ring (bicyclic) bond motifs is 1. The van der Waals surface area contributed by atoms with E-state index in [0.29, 0.717) is 11.1 Å². The number of pyridine rings is 1. The first-order valence-corrected chi connectivity index (χ1v) is 4.45. The second-order valence-corrected chi connectivity index (χ2v) is 3.26. The van der Waals surface area contributed by atoms with Crippen molar-refractivity contribution < 1.29 is 15.0 Å². The Kier molecular flexibility index (Phi) is 2.25. The predicted octanol–water partition coefficient (Wildman–Crippen LogP) is 1.57. The van der Waals surface area contributed by atoms with Crippen LogP contribution in [0.15, 0.2) is 30.5 Å². The van der Waals surface area contributed by atoms with Crippen LogP contribution in [0.2, 0.25) is 0 Å². The van der Waals surface area contributed by atoms with E-state index in [1.807, 2.05) is 0 Å². The van der Waals surface area contributed by atoms with Crippen LogP contribution in [0.25, 0.3) is 10.9 Å². The van der Waals surface area contributed by atoms with Gasteiger partial charge in [-0.05, 0) is 17.7 Å². The Bertz CT molecular complexity index is 522. The lowest BCUT2D eigenvalue weighted by molar-refractivity contribution is -0.136. The highest BCUT2D eigenvalue weighted by atomic mass is 16.4. The first-order valence-electron chi connectivity index (χ1n) is 4.45. The number of rotatable bonds is 2. The van der Waals surface area contributed by atoms with Gasteiger partial charge in [0.2, 0.25) is 0 Å². The molecule has 0 aliphatic carbocycles. The van der Waals surface area contributed by atoms with Gasteiger partial charge in [-0.3, -0.25) is 9.78 Å². The fraction of sp³-hybridized carbons (Fsp3) is 0.0909. The van der Waals surface area contributed by atoms with Gasteiger partial charge in [-0.15, -0.1) is 0 Å². The topological polar surface area (TPSA) is 70.4 Å². The van der Waals surface area contributed by atoms with E-state index in [2.05, 4.69) is 4.98 Å². The van der Waals surface area contributed by atoms with Crippen molar-refractivity contribution in [2.75, 3.05) is 0 Å². The summed E-state index contributed by atoms with van der Waals surface area (Å²) in [6.45, 7) is 0. The number of benzene rings is 1. The summed E-state index contributed by atoms with van der Waals surface area (Å²) in [5.74, 6) is -0.786. The van der Waals surface area contributed by atoms with Crippen LogP contribution in [0, 0.1) is 0 Å². The van der Waals surface area contributed by atoms with E-state index in [1.165, 1.54) is 6.20 Å². The van der Waals surface area contributed by atoms with Crippen molar-refractivity contribution >= 4 is 16.9 Å². The van der Waals surface area contributed by atoms with Gasteiger partial charge in [-0.2, -0.15) is 0 Å². The monoisotopic (exact) mass is 203 g/mol. The lowest BCUT2D eigenvalue weighted by atomic mass is 10.1. The molecule has 0 amide bonds. The van der Waals surface area contributed by atoms with Crippen molar-refractivity contribution in [2.24, 2.45) is 0 Å². The van der Waals surface area contributed by atoms with Gasteiger partial charge in [0.15, 0.2) is 0 Å². The second kappa shape index (κ2) is 3.57. The van der Waals surface area contributed by atoms with E-state index in [9.17, 15) is 9.90 Å². The number of phenols is 1. The Morgan fingerprint density at radius 3 is 2.93 bits per heavy atom. The minimum atomic E-state index is -0.892. The Labute approximate surface area is 85.8 Å². The maximum absolute atomic E-state index is 10.5. The molecule has 1 heterocycles. The number of aliphatic carboxylic acids is 1. The molecule has 2 N–H and O–H groups in total. The molecule has 0 fully saturated rings. The van der Waals surface area contributed by atoms with Crippen LogP contribution >= 0.6 is 0 Å². The molecule has 4 heteroatoms. The van der Waals surface area contributed by atoms with Gasteiger partial charge in [0.05, 0.1) is 6.42 Å². The number of carboxylic acids is 1. The molecule has 15 heavy (non-hydrogen) atoms. The van der Waals surface area contributed by atoms with Crippen LogP contribution in [0.5, 0.6) is 5.75 Å². The zero-order valence-corrected chi connectivity index (χ0v) is 7.84. The van der Waals surface area contributed by atoms with Crippen molar-refractivity contribution in [2.45, 2.75) is 6.42 Å². The average molecular weight is 203 g/mol. The van der Waals surface area contributed by atoms with E-state index in [1.54, 1.807) is 24.3 Å². The number of aromatic nitrogens is 1. The van der Waals surface area contributed by atoms with Crippen molar-refractivity contribution in [3.63, 3.8) is 0 Å². The molecule has 0 saturated carbocycles. The molecule has 0 aliphatic rings. The molecule has 0 atom stereocenters. The number of carboxylic acid groups (broad SMARTS) is 1. The third-order valence-electron chi connectivity index (χ3n) is 2.10. The fourth-order valence-corrected chi connectivity index (χ4v) is 1.46. The molecule has 0 aliphatic heterocycles. The molecule has 0 bridgehead atoms. The molecular weight excluding hydrogens is 194 g/mol. The highest BCUT2D eigenvalue weighted by molar-refractivity contribution is 5.85. The van der Waals surface area contributed by atoms with Crippen LogP contribution < -0.4 is 0 Å². The average Bonchev–Trinajstić information content (AvgIpc) is 2.17. The molecule has 1 aromatic carbocycles. The lowest BCUT2D eigenvalue weighted by Crippen LogP contribution is -2.00. The first kappa shape index (κ1) is 9.45. The zero-order valence-electron chi connectivity index (χ0n) is 7.84. The summed E-state index contributed by atoms with van der Waals surface area (Å²) < 4.78 is 0. The standard InChI is InChI=1S/C11H9NO3/c13-9-3-1-2-8-4-7(5-10(14)15)6-12-11(8)9/h1-4,6,13H,5H2,(H,14,15). The highest BCUT2D eigenvalue weighted by Crippen LogP contribution is 2.22. The maximum atomic E-state index is 10.5. The molecule has 0 spiro atoms. The van der Waals surface area contributed by atoms with Crippen molar-refractivity contribution in [3.8, 4) is 5.75 Å². The van der Waals surface area contributed by atoms with E-state index in [0.717, 1.165) is 5.39 Å². The van der Waals surface area contributed by atoms with E-state index in [4.69, 9.17) is 5.11 Å². The largest absolute Gasteiger partial charge is 0.506 e. The Morgan fingerprint density at radius 1 is 1.40 bits per heavy atom. The smallest absolute Gasteiger partial charge is 0.307 e. The van der Waals surface area contributed by atoms with Crippen molar-refractivity contribution in [3.05, 3.63) is 36.0 Å². The van der Waals surface area contributed by atoms with Crippen LogP contribution in [-0.2, 0) is 11.2 Å².